The number of hydrogen-bond donors (Lipinski definition) is 2. The molecule has 5 aliphatic rings. The van der Waals surface area contributed by atoms with E-state index in [-0.39, 0.29) is 23.8 Å². The van der Waals surface area contributed by atoms with E-state index in [1.165, 1.54) is 12.0 Å². The third-order valence-corrected chi connectivity index (χ3v) is 10.6. The van der Waals surface area contributed by atoms with Crippen LogP contribution in [-0.4, -0.2) is 53.0 Å². The minimum Gasteiger partial charge on any atom is -0.359 e. The lowest BCUT2D eigenvalue weighted by Crippen LogP contribution is -2.58. The highest BCUT2D eigenvalue weighted by atomic mass is 35.5. The number of anilines is 1. The van der Waals surface area contributed by atoms with Crippen LogP contribution in [0, 0.1) is 23.7 Å². The van der Waals surface area contributed by atoms with Gasteiger partial charge in [0.1, 0.15) is 11.6 Å². The van der Waals surface area contributed by atoms with Crippen molar-refractivity contribution in [1.82, 2.24) is 10.2 Å². The van der Waals surface area contributed by atoms with Gasteiger partial charge in [0.2, 0.25) is 17.7 Å². The predicted octanol–water partition coefficient (Wildman–Crippen LogP) is 5.91. The van der Waals surface area contributed by atoms with E-state index in [1.54, 1.807) is 23.1 Å². The van der Waals surface area contributed by atoms with E-state index < -0.39 is 29.6 Å². The number of nitrogens with zero attached hydrogens (tertiary/aromatic N) is 1. The number of carbonyl (C=O) groups excluding carboxylic acids is 3. The Labute approximate surface area is 252 Å². The molecule has 2 aliphatic carbocycles. The fourth-order valence-electron chi connectivity index (χ4n) is 7.80. The maximum Gasteiger partial charge on any atom is 0.246 e. The number of nitrogens with one attached hydrogen (secondary N) is 2. The topological polar surface area (TPSA) is 87.7 Å². The number of hydrogen-bond acceptors (Lipinski definition) is 4. The first kappa shape index (κ1) is 28.8. The Morgan fingerprint density at radius 3 is 2.59 bits per heavy atom. The molecule has 1 aromatic carbocycles. The number of allylic oxidation sites excluding steroid dienone is 1. The molecule has 9 heteroatoms. The third kappa shape index (κ3) is 5.23. The van der Waals surface area contributed by atoms with Crippen LogP contribution in [-0.2, 0) is 19.1 Å². The highest BCUT2D eigenvalue weighted by Gasteiger charge is 2.72. The number of halogens is 2. The van der Waals surface area contributed by atoms with Crippen LogP contribution in [0.4, 0.5) is 5.69 Å². The van der Waals surface area contributed by atoms with Gasteiger partial charge in [0.15, 0.2) is 0 Å². The largest absolute Gasteiger partial charge is 0.359 e. The van der Waals surface area contributed by atoms with E-state index in [0.717, 1.165) is 44.9 Å². The molecule has 8 atom stereocenters. The maximum absolute atomic E-state index is 14.2. The van der Waals surface area contributed by atoms with Gasteiger partial charge in [-0.15, -0.1) is 0 Å². The number of rotatable bonds is 7. The Morgan fingerprint density at radius 1 is 1.07 bits per heavy atom. The molecule has 3 fully saturated rings. The molecule has 0 aromatic heterocycles. The molecule has 2 bridgehead atoms. The molecule has 3 amide bonds. The van der Waals surface area contributed by atoms with Gasteiger partial charge in [0.05, 0.1) is 17.9 Å². The van der Waals surface area contributed by atoms with Crippen molar-refractivity contribution in [3.63, 3.8) is 0 Å². The lowest BCUT2D eigenvalue weighted by atomic mass is 9.73. The van der Waals surface area contributed by atoms with Crippen molar-refractivity contribution in [1.29, 1.82) is 0 Å². The molecular formula is C32H39Cl2N3O4. The average Bonchev–Trinajstić information content (AvgIpc) is 3.57. The Hall–Kier alpha value is -2.35. The van der Waals surface area contributed by atoms with Gasteiger partial charge in [-0.25, -0.2) is 0 Å². The smallest absolute Gasteiger partial charge is 0.246 e. The molecule has 2 saturated heterocycles. The van der Waals surface area contributed by atoms with Gasteiger partial charge in [-0.05, 0) is 68.6 Å². The predicted molar refractivity (Wildman–Crippen MR) is 160 cm³/mol. The first-order chi connectivity index (χ1) is 19.7. The summed E-state index contributed by atoms with van der Waals surface area (Å²) in [5.41, 5.74) is 0.611. The normalized spacial score (nSPS) is 35.8. The summed E-state index contributed by atoms with van der Waals surface area (Å²) in [6.07, 6.45) is 13.7. The van der Waals surface area contributed by atoms with E-state index in [9.17, 15) is 14.4 Å². The maximum atomic E-state index is 14.2. The second kappa shape index (κ2) is 11.4. The standard InChI is InChI=1S/C32H39Cl2N3O4/c1-18-7-6-10-24(19(18)2)36-30(39)28-32-13-11-25(41-32)26(29(38)35-23-16-21(33)15-22(34)17-23)27(32)31(40)37(28)14-12-20-8-4-3-5-9-20/h8,11,13,15-19,24-28H,3-7,9-10,12,14H2,1-2H3,(H,35,38)(H,36,39)/t18-,19-,24+,25+,26-,27+,28+,32+/m1/s1. The Bertz CT molecular complexity index is 1280. The summed E-state index contributed by atoms with van der Waals surface area (Å²) in [6, 6.07) is 4.05. The summed E-state index contributed by atoms with van der Waals surface area (Å²) in [5, 5.41) is 7.02. The lowest BCUT2D eigenvalue weighted by Gasteiger charge is -2.38. The fraction of sp³-hybridized carbons (Fsp3) is 0.594. The number of ether oxygens (including phenoxy) is 1. The van der Waals surface area contributed by atoms with Gasteiger partial charge in [-0.1, -0.05) is 73.7 Å². The summed E-state index contributed by atoms with van der Waals surface area (Å²) in [5.74, 6) is -1.41. The number of carbonyl (C=O) groups is 3. The minimum absolute atomic E-state index is 0.0500. The molecule has 1 spiro atoms. The van der Waals surface area contributed by atoms with Crippen LogP contribution in [0.3, 0.4) is 0 Å². The molecule has 3 heterocycles. The van der Waals surface area contributed by atoms with E-state index in [4.69, 9.17) is 27.9 Å². The lowest BCUT2D eigenvalue weighted by molar-refractivity contribution is -0.141. The zero-order valence-corrected chi connectivity index (χ0v) is 25.2. The van der Waals surface area contributed by atoms with Gasteiger partial charge in [-0.3, -0.25) is 14.4 Å². The Morgan fingerprint density at radius 2 is 1.85 bits per heavy atom. The Balaban J connectivity index is 1.29. The molecule has 0 unspecified atom stereocenters. The minimum atomic E-state index is -1.18. The van der Waals surface area contributed by atoms with E-state index >= 15 is 0 Å². The van der Waals surface area contributed by atoms with Gasteiger partial charge < -0.3 is 20.3 Å². The summed E-state index contributed by atoms with van der Waals surface area (Å²) in [6.45, 7) is 4.86. The molecule has 220 valence electrons. The average molecular weight is 601 g/mol. The van der Waals surface area contributed by atoms with Crippen LogP contribution >= 0.6 is 23.2 Å². The van der Waals surface area contributed by atoms with Crippen LogP contribution in [0.1, 0.15) is 65.2 Å². The molecule has 41 heavy (non-hydrogen) atoms. The first-order valence-corrected chi connectivity index (χ1v) is 15.9. The van der Waals surface area contributed by atoms with Crippen molar-refractivity contribution in [2.45, 2.75) is 89.0 Å². The van der Waals surface area contributed by atoms with Crippen molar-refractivity contribution >= 4 is 46.6 Å². The highest BCUT2D eigenvalue weighted by Crippen LogP contribution is 2.55. The molecule has 1 aromatic rings. The highest BCUT2D eigenvalue weighted by molar-refractivity contribution is 6.35. The number of amides is 3. The number of benzene rings is 1. The second-order valence-electron chi connectivity index (χ2n) is 12.6. The summed E-state index contributed by atoms with van der Waals surface area (Å²) in [7, 11) is 0. The third-order valence-electron chi connectivity index (χ3n) is 10.1. The van der Waals surface area contributed by atoms with Crippen LogP contribution in [0.25, 0.3) is 0 Å². The van der Waals surface area contributed by atoms with Gasteiger partial charge in [0.25, 0.3) is 0 Å². The number of fused-ring (bicyclic) bond motifs is 1. The SMILES string of the molecule is C[C@@H]1[C@H](C)CCC[C@@H]1NC(=O)[C@@H]1N(CCC2=CCCCC2)C(=O)[C@@H]2[C@H](C(=O)Nc3cc(Cl)cc(Cl)c3)[C@@H]3C=C[C@]21O3. The Kier molecular flexibility index (Phi) is 7.98. The zero-order chi connectivity index (χ0) is 28.9. The molecule has 0 radical (unpaired) electrons. The van der Waals surface area contributed by atoms with Crippen molar-refractivity contribution < 1.29 is 19.1 Å². The van der Waals surface area contributed by atoms with Crippen LogP contribution < -0.4 is 10.6 Å². The number of likely N-dealkylation sites (tertiary alicyclic amines) is 1. The molecule has 6 rings (SSSR count). The van der Waals surface area contributed by atoms with Gasteiger partial charge >= 0.3 is 0 Å². The second-order valence-corrected chi connectivity index (χ2v) is 13.5. The molecule has 2 N–H and O–H groups in total. The fourth-order valence-corrected chi connectivity index (χ4v) is 8.33. The van der Waals surface area contributed by atoms with Crippen LogP contribution in [0.2, 0.25) is 10.0 Å². The zero-order valence-electron chi connectivity index (χ0n) is 23.7. The summed E-state index contributed by atoms with van der Waals surface area (Å²) >= 11 is 12.3. The monoisotopic (exact) mass is 599 g/mol. The summed E-state index contributed by atoms with van der Waals surface area (Å²) < 4.78 is 6.50. The summed E-state index contributed by atoms with van der Waals surface area (Å²) in [4.78, 5) is 43.8. The van der Waals surface area contributed by atoms with Crippen molar-refractivity contribution in [2.75, 3.05) is 11.9 Å². The first-order valence-electron chi connectivity index (χ1n) is 15.1. The molecular weight excluding hydrogens is 561 g/mol. The van der Waals surface area contributed by atoms with Gasteiger partial charge in [0, 0.05) is 28.3 Å². The quantitative estimate of drug-likeness (QED) is 0.381. The van der Waals surface area contributed by atoms with Crippen molar-refractivity contribution in [2.24, 2.45) is 23.7 Å². The molecule has 1 saturated carbocycles. The molecule has 3 aliphatic heterocycles. The van der Waals surface area contributed by atoms with E-state index in [0.29, 0.717) is 34.1 Å². The van der Waals surface area contributed by atoms with Gasteiger partial charge in [-0.2, -0.15) is 0 Å². The van der Waals surface area contributed by atoms with Crippen LogP contribution in [0.5, 0.6) is 0 Å². The van der Waals surface area contributed by atoms with E-state index in [2.05, 4.69) is 30.6 Å². The molecule has 7 nitrogen and oxygen atoms in total. The van der Waals surface area contributed by atoms with E-state index in [1.807, 2.05) is 12.2 Å². The van der Waals surface area contributed by atoms with Crippen LogP contribution in [0.15, 0.2) is 42.0 Å². The van der Waals surface area contributed by atoms with Crippen molar-refractivity contribution in [3.8, 4) is 0 Å². The van der Waals surface area contributed by atoms with Crippen molar-refractivity contribution in [3.05, 3.63) is 52.0 Å².